The van der Waals surface area contributed by atoms with Crippen molar-refractivity contribution in [1.82, 2.24) is 0 Å². The maximum absolute atomic E-state index is 16.4. The summed E-state index contributed by atoms with van der Waals surface area (Å²) in [6.45, 7) is 2.97. The van der Waals surface area contributed by atoms with E-state index in [1.54, 1.807) is 109 Å². The van der Waals surface area contributed by atoms with Gasteiger partial charge in [-0.25, -0.2) is 9.59 Å². The van der Waals surface area contributed by atoms with E-state index in [1.807, 2.05) is 24.3 Å². The molecule has 12 heteroatoms. The average molecular weight is 828 g/mol. The van der Waals surface area contributed by atoms with Crippen LogP contribution in [-0.2, 0) is 28.2 Å². The van der Waals surface area contributed by atoms with Crippen molar-refractivity contribution in [2.45, 2.75) is 26.1 Å². The molecule has 6 rings (SSSR count). The van der Waals surface area contributed by atoms with Gasteiger partial charge in [0.05, 0.1) is 24.3 Å². The monoisotopic (exact) mass is 826 g/mol. The first-order valence-electron chi connectivity index (χ1n) is 17.5. The summed E-state index contributed by atoms with van der Waals surface area (Å²) in [4.78, 5) is 26.0. The lowest BCUT2D eigenvalue weighted by Crippen LogP contribution is -2.32. The van der Waals surface area contributed by atoms with Crippen LogP contribution in [0, 0.1) is 0 Å². The highest BCUT2D eigenvalue weighted by Crippen LogP contribution is 2.55. The van der Waals surface area contributed by atoms with Crippen molar-refractivity contribution in [2.75, 3.05) is 14.2 Å². The first kappa shape index (κ1) is 40.6. The van der Waals surface area contributed by atoms with E-state index in [0.29, 0.717) is 21.2 Å². The standard InChI is InChI=1S/C44H38Cl2O8P2/c1-29(43(47)51-3)53-41-35(45)25-27-37(55(49,31-17-9-5-10-18-31)32-19-11-6-12-20-32)39(41)40-38(28-26-36(46)42(40)54-30(2)44(48)52-4)56(50,33-21-13-7-14-22-33)34-23-15-8-16-24-34/h5-30H,1-4H3/t29-,30?/m0/s1. The quantitative estimate of drug-likeness (QED) is 0.0858. The van der Waals surface area contributed by atoms with Crippen LogP contribution in [0.5, 0.6) is 11.5 Å². The van der Waals surface area contributed by atoms with Gasteiger partial charge in [-0.2, -0.15) is 0 Å². The summed E-state index contributed by atoms with van der Waals surface area (Å²) >= 11 is 14.1. The Morgan fingerprint density at radius 1 is 0.464 bits per heavy atom. The van der Waals surface area contributed by atoms with E-state index in [9.17, 15) is 9.59 Å². The van der Waals surface area contributed by atoms with Gasteiger partial charge in [0, 0.05) is 43.0 Å². The third kappa shape index (κ3) is 7.68. The average Bonchev–Trinajstić information content (AvgIpc) is 3.25. The molecule has 1 unspecified atom stereocenters. The molecule has 0 aliphatic carbocycles. The zero-order valence-electron chi connectivity index (χ0n) is 30.9. The second-order valence-electron chi connectivity index (χ2n) is 12.7. The second kappa shape index (κ2) is 17.4. The molecule has 0 N–H and O–H groups in total. The minimum atomic E-state index is -3.95. The molecule has 0 spiro atoms. The molecule has 6 aromatic carbocycles. The largest absolute Gasteiger partial charge is 0.477 e. The number of ether oxygens (including phenoxy) is 4. The molecule has 0 fully saturated rings. The van der Waals surface area contributed by atoms with Gasteiger partial charge in [-0.1, -0.05) is 145 Å². The maximum Gasteiger partial charge on any atom is 0.346 e. The van der Waals surface area contributed by atoms with Gasteiger partial charge in [0.1, 0.15) is 11.5 Å². The molecular formula is C44H38Cl2O8P2. The number of hydrogen-bond donors (Lipinski definition) is 0. The van der Waals surface area contributed by atoms with Gasteiger partial charge >= 0.3 is 11.9 Å². The summed E-state index contributed by atoms with van der Waals surface area (Å²) in [5.74, 6) is -1.59. The minimum Gasteiger partial charge on any atom is -0.477 e. The summed E-state index contributed by atoms with van der Waals surface area (Å²) < 4.78 is 55.8. The lowest BCUT2D eigenvalue weighted by molar-refractivity contribution is -0.148. The summed E-state index contributed by atoms with van der Waals surface area (Å²) in [6, 6.07) is 42.0. The Morgan fingerprint density at radius 2 is 0.732 bits per heavy atom. The zero-order chi connectivity index (χ0) is 40.0. The fourth-order valence-corrected chi connectivity index (χ4v) is 12.6. The Balaban J connectivity index is 1.88. The number of methoxy groups -OCH3 is 2. The van der Waals surface area contributed by atoms with Crippen LogP contribution in [0.1, 0.15) is 13.8 Å². The lowest BCUT2D eigenvalue weighted by Gasteiger charge is -2.30. The molecule has 0 amide bonds. The Kier molecular flexibility index (Phi) is 12.6. The van der Waals surface area contributed by atoms with Crippen molar-refractivity contribution in [1.29, 1.82) is 0 Å². The molecule has 56 heavy (non-hydrogen) atoms. The molecule has 0 saturated heterocycles. The number of benzene rings is 6. The lowest BCUT2D eigenvalue weighted by atomic mass is 10.0. The molecule has 0 radical (unpaired) electrons. The van der Waals surface area contributed by atoms with Crippen molar-refractivity contribution in [3.63, 3.8) is 0 Å². The van der Waals surface area contributed by atoms with Gasteiger partial charge in [-0.05, 0) is 38.1 Å². The molecule has 0 aliphatic heterocycles. The highest BCUT2D eigenvalue weighted by molar-refractivity contribution is 7.86. The molecule has 0 bridgehead atoms. The summed E-state index contributed by atoms with van der Waals surface area (Å²) in [6.07, 6.45) is -2.45. The number of carbonyl (C=O) groups is 2. The minimum absolute atomic E-state index is 0.0272. The molecule has 0 saturated carbocycles. The zero-order valence-corrected chi connectivity index (χ0v) is 34.2. The Labute approximate surface area is 336 Å². The van der Waals surface area contributed by atoms with Crippen LogP contribution in [0.2, 0.25) is 10.0 Å². The molecule has 6 aromatic rings. The van der Waals surface area contributed by atoms with E-state index in [0.717, 1.165) is 0 Å². The Morgan fingerprint density at radius 3 is 0.982 bits per heavy atom. The molecule has 286 valence electrons. The molecule has 0 aromatic heterocycles. The van der Waals surface area contributed by atoms with Crippen molar-refractivity contribution in [2.24, 2.45) is 0 Å². The third-order valence-corrected chi connectivity index (χ3v) is 16.0. The van der Waals surface area contributed by atoms with Crippen LogP contribution in [0.15, 0.2) is 146 Å². The van der Waals surface area contributed by atoms with Gasteiger partial charge in [-0.15, -0.1) is 0 Å². The van der Waals surface area contributed by atoms with E-state index < -0.39 is 38.4 Å². The Hall–Kier alpha value is -5.10. The molecule has 8 nitrogen and oxygen atoms in total. The van der Waals surface area contributed by atoms with Gasteiger partial charge in [0.15, 0.2) is 26.5 Å². The summed E-state index contributed by atoms with van der Waals surface area (Å²) in [5, 5.41) is 2.32. The maximum atomic E-state index is 16.4. The van der Waals surface area contributed by atoms with Crippen molar-refractivity contribution in [3.8, 4) is 22.6 Å². The van der Waals surface area contributed by atoms with Crippen LogP contribution in [-0.4, -0.2) is 38.4 Å². The second-order valence-corrected chi connectivity index (χ2v) is 18.9. The van der Waals surface area contributed by atoms with E-state index in [4.69, 9.17) is 42.1 Å². The summed E-state index contributed by atoms with van der Waals surface area (Å²) in [5.41, 5.74) is 0.168. The number of hydrogen-bond acceptors (Lipinski definition) is 8. The van der Waals surface area contributed by atoms with E-state index in [1.165, 1.54) is 40.2 Å². The van der Waals surface area contributed by atoms with Crippen LogP contribution in [0.3, 0.4) is 0 Å². The van der Waals surface area contributed by atoms with Crippen molar-refractivity contribution >= 4 is 81.3 Å². The molecule has 2 atom stereocenters. The number of esters is 2. The highest BCUT2D eigenvalue weighted by Gasteiger charge is 2.41. The smallest absolute Gasteiger partial charge is 0.346 e. The molecule has 0 heterocycles. The van der Waals surface area contributed by atoms with Gasteiger partial charge in [0.25, 0.3) is 0 Å². The van der Waals surface area contributed by atoms with Gasteiger partial charge in [-0.3, -0.25) is 0 Å². The predicted molar refractivity (Wildman–Crippen MR) is 225 cm³/mol. The van der Waals surface area contributed by atoms with Crippen LogP contribution >= 0.6 is 37.5 Å². The van der Waals surface area contributed by atoms with Crippen LogP contribution < -0.4 is 41.3 Å². The SMILES string of the molecule is COC(=O)C(C)Oc1c(Cl)ccc(P(=O)(c2ccccc2)c2ccccc2)c1-c1c(P(=O)(c2ccccc2)c2ccccc2)ccc(Cl)c1O[C@@H](C)C(=O)OC. The van der Waals surface area contributed by atoms with Crippen molar-refractivity contribution < 1.29 is 37.7 Å². The van der Waals surface area contributed by atoms with Gasteiger partial charge < -0.3 is 28.1 Å². The van der Waals surface area contributed by atoms with E-state index in [-0.39, 0.29) is 43.3 Å². The fourth-order valence-electron chi connectivity index (χ4n) is 6.52. The first-order valence-corrected chi connectivity index (χ1v) is 21.7. The highest BCUT2D eigenvalue weighted by atomic mass is 35.5. The topological polar surface area (TPSA) is 105 Å². The van der Waals surface area contributed by atoms with Crippen LogP contribution in [0.25, 0.3) is 11.1 Å². The normalized spacial score (nSPS) is 12.6. The number of carbonyl (C=O) groups excluding carboxylic acids is 2. The third-order valence-electron chi connectivity index (χ3n) is 9.24. The van der Waals surface area contributed by atoms with Gasteiger partial charge in [0.2, 0.25) is 0 Å². The Bertz CT molecular complexity index is 2190. The molecule has 0 aliphatic rings. The molecular weight excluding hydrogens is 789 g/mol. The predicted octanol–water partition coefficient (Wildman–Crippen LogP) is 7.82. The number of halogens is 2. The first-order chi connectivity index (χ1) is 27.0. The van der Waals surface area contributed by atoms with E-state index >= 15 is 9.13 Å². The van der Waals surface area contributed by atoms with Crippen LogP contribution in [0.4, 0.5) is 0 Å². The van der Waals surface area contributed by atoms with Crippen molar-refractivity contribution in [3.05, 3.63) is 156 Å². The summed E-state index contributed by atoms with van der Waals surface area (Å²) in [7, 11) is -5.44. The van der Waals surface area contributed by atoms with E-state index in [2.05, 4.69) is 0 Å². The number of rotatable bonds is 13. The fraction of sp³-hybridized carbons (Fsp3) is 0.136.